The van der Waals surface area contributed by atoms with E-state index in [4.69, 9.17) is 5.10 Å². The number of fused-ring (bicyclic) bond motifs is 3. The molecule has 29 heavy (non-hydrogen) atoms. The van der Waals surface area contributed by atoms with Gasteiger partial charge in [-0.05, 0) is 23.6 Å². The zero-order valence-corrected chi connectivity index (χ0v) is 16.1. The number of nitrogens with zero attached hydrogens (tertiary/aromatic N) is 4. The van der Waals surface area contributed by atoms with Crippen molar-refractivity contribution in [3.63, 3.8) is 0 Å². The SMILES string of the molecule is CCc1nn2c(ncc3c(=O)n(Cc4ccccc4)ccc32)c1-c1ccccc1. The molecule has 0 saturated carbocycles. The van der Waals surface area contributed by atoms with Gasteiger partial charge in [0.2, 0.25) is 0 Å². The van der Waals surface area contributed by atoms with Gasteiger partial charge in [-0.15, -0.1) is 0 Å². The molecule has 0 atom stereocenters. The van der Waals surface area contributed by atoms with Crippen LogP contribution in [0.25, 0.3) is 27.7 Å². The number of aromatic nitrogens is 4. The summed E-state index contributed by atoms with van der Waals surface area (Å²) in [5.74, 6) is 0. The molecule has 0 fully saturated rings. The number of benzene rings is 2. The zero-order valence-electron chi connectivity index (χ0n) is 16.1. The van der Waals surface area contributed by atoms with Crippen molar-refractivity contribution in [2.24, 2.45) is 0 Å². The maximum absolute atomic E-state index is 13.1. The van der Waals surface area contributed by atoms with Gasteiger partial charge in [0, 0.05) is 18.0 Å². The van der Waals surface area contributed by atoms with Gasteiger partial charge in [0.25, 0.3) is 5.56 Å². The fraction of sp³-hybridized carbons (Fsp3) is 0.125. The van der Waals surface area contributed by atoms with Gasteiger partial charge in [0.05, 0.1) is 23.1 Å². The van der Waals surface area contributed by atoms with Gasteiger partial charge in [-0.3, -0.25) is 4.79 Å². The van der Waals surface area contributed by atoms with Gasteiger partial charge in [-0.25, -0.2) is 9.50 Å². The third-order valence-corrected chi connectivity index (χ3v) is 5.25. The lowest BCUT2D eigenvalue weighted by Gasteiger charge is -2.08. The van der Waals surface area contributed by atoms with Gasteiger partial charge >= 0.3 is 0 Å². The molecule has 5 heteroatoms. The van der Waals surface area contributed by atoms with E-state index in [-0.39, 0.29) is 5.56 Å². The minimum atomic E-state index is -0.0597. The van der Waals surface area contributed by atoms with E-state index in [1.165, 1.54) is 0 Å². The maximum Gasteiger partial charge on any atom is 0.261 e. The van der Waals surface area contributed by atoms with E-state index in [0.717, 1.165) is 40.0 Å². The highest BCUT2D eigenvalue weighted by Crippen LogP contribution is 2.29. The molecule has 3 aromatic heterocycles. The van der Waals surface area contributed by atoms with Crippen LogP contribution in [-0.4, -0.2) is 19.2 Å². The van der Waals surface area contributed by atoms with Crippen molar-refractivity contribution in [3.05, 3.63) is 101 Å². The van der Waals surface area contributed by atoms with Crippen molar-refractivity contribution in [2.75, 3.05) is 0 Å². The van der Waals surface area contributed by atoms with Crippen molar-refractivity contribution in [2.45, 2.75) is 19.9 Å². The quantitative estimate of drug-likeness (QED) is 0.467. The lowest BCUT2D eigenvalue weighted by molar-refractivity contribution is 0.765. The topological polar surface area (TPSA) is 52.2 Å². The van der Waals surface area contributed by atoms with Crippen LogP contribution in [0.2, 0.25) is 0 Å². The van der Waals surface area contributed by atoms with Gasteiger partial charge in [-0.2, -0.15) is 5.10 Å². The van der Waals surface area contributed by atoms with E-state index >= 15 is 0 Å². The lowest BCUT2D eigenvalue weighted by Crippen LogP contribution is -2.21. The van der Waals surface area contributed by atoms with E-state index < -0.39 is 0 Å². The summed E-state index contributed by atoms with van der Waals surface area (Å²) in [5.41, 5.74) is 5.68. The first-order chi connectivity index (χ1) is 14.3. The molecule has 0 N–H and O–H groups in total. The number of hydrogen-bond acceptors (Lipinski definition) is 3. The fourth-order valence-electron chi connectivity index (χ4n) is 3.81. The highest BCUT2D eigenvalue weighted by molar-refractivity contribution is 5.86. The van der Waals surface area contributed by atoms with Crippen LogP contribution in [0.15, 0.2) is 83.9 Å². The molecule has 3 heterocycles. The summed E-state index contributed by atoms with van der Waals surface area (Å²) in [6.45, 7) is 2.62. The minimum absolute atomic E-state index is 0.0597. The minimum Gasteiger partial charge on any atom is -0.310 e. The molecular formula is C24H20N4O. The van der Waals surface area contributed by atoms with E-state index in [9.17, 15) is 4.79 Å². The first-order valence-corrected chi connectivity index (χ1v) is 9.75. The molecular weight excluding hydrogens is 360 g/mol. The van der Waals surface area contributed by atoms with Gasteiger partial charge in [0.15, 0.2) is 5.65 Å². The van der Waals surface area contributed by atoms with Crippen LogP contribution in [-0.2, 0) is 13.0 Å². The standard InChI is InChI=1S/C24H20N4O/c1-2-20-22(18-11-7-4-8-12-18)23-25-15-19-21(28(23)26-20)13-14-27(24(19)29)16-17-9-5-3-6-10-17/h3-15H,2,16H2,1H3. The molecule has 0 aliphatic carbocycles. The van der Waals surface area contributed by atoms with Crippen LogP contribution in [0.1, 0.15) is 18.2 Å². The summed E-state index contributed by atoms with van der Waals surface area (Å²) >= 11 is 0. The highest BCUT2D eigenvalue weighted by Gasteiger charge is 2.17. The Bertz CT molecular complexity index is 1370. The van der Waals surface area contributed by atoms with Crippen LogP contribution in [0.3, 0.4) is 0 Å². The van der Waals surface area contributed by atoms with E-state index in [1.807, 2.05) is 65.3 Å². The van der Waals surface area contributed by atoms with Crippen LogP contribution in [0.5, 0.6) is 0 Å². The molecule has 0 spiro atoms. The van der Waals surface area contributed by atoms with Gasteiger partial charge in [-0.1, -0.05) is 67.6 Å². The van der Waals surface area contributed by atoms with Gasteiger partial charge in [0.1, 0.15) is 0 Å². The molecule has 2 aromatic carbocycles. The second kappa shape index (κ2) is 7.02. The number of pyridine rings is 1. The molecule has 5 nitrogen and oxygen atoms in total. The lowest BCUT2D eigenvalue weighted by atomic mass is 10.0. The maximum atomic E-state index is 13.1. The van der Waals surface area contributed by atoms with E-state index in [1.54, 1.807) is 10.8 Å². The molecule has 0 bridgehead atoms. The Labute approximate surface area is 167 Å². The van der Waals surface area contributed by atoms with Crippen LogP contribution >= 0.6 is 0 Å². The molecule has 0 radical (unpaired) electrons. The Morgan fingerprint density at radius 2 is 1.66 bits per heavy atom. The molecule has 0 unspecified atom stereocenters. The summed E-state index contributed by atoms with van der Waals surface area (Å²) in [6, 6.07) is 22.1. The number of hydrogen-bond donors (Lipinski definition) is 0. The predicted octanol–water partition coefficient (Wildman–Crippen LogP) is 4.32. The second-order valence-corrected chi connectivity index (χ2v) is 7.07. The monoisotopic (exact) mass is 380 g/mol. The third-order valence-electron chi connectivity index (χ3n) is 5.25. The summed E-state index contributed by atoms with van der Waals surface area (Å²) in [6.07, 6.45) is 4.31. The number of rotatable bonds is 4. The molecule has 0 aliphatic heterocycles. The van der Waals surface area contributed by atoms with E-state index in [2.05, 4.69) is 24.0 Å². The Morgan fingerprint density at radius 1 is 0.931 bits per heavy atom. The van der Waals surface area contributed by atoms with E-state index in [0.29, 0.717) is 11.9 Å². The predicted molar refractivity (Wildman–Crippen MR) is 115 cm³/mol. The summed E-state index contributed by atoms with van der Waals surface area (Å²) in [4.78, 5) is 17.7. The third kappa shape index (κ3) is 2.91. The Morgan fingerprint density at radius 3 is 2.38 bits per heavy atom. The molecule has 0 aliphatic rings. The molecule has 0 amide bonds. The number of aryl methyl sites for hydroxylation is 1. The first-order valence-electron chi connectivity index (χ1n) is 9.75. The zero-order chi connectivity index (χ0) is 19.8. The average molecular weight is 380 g/mol. The second-order valence-electron chi connectivity index (χ2n) is 7.07. The normalized spacial score (nSPS) is 11.3. The first kappa shape index (κ1) is 17.4. The van der Waals surface area contributed by atoms with Crippen LogP contribution in [0.4, 0.5) is 0 Å². The Hall–Kier alpha value is -3.73. The fourth-order valence-corrected chi connectivity index (χ4v) is 3.81. The van der Waals surface area contributed by atoms with Crippen molar-refractivity contribution >= 4 is 16.6 Å². The molecule has 0 saturated heterocycles. The van der Waals surface area contributed by atoms with Gasteiger partial charge < -0.3 is 4.57 Å². The molecule has 5 rings (SSSR count). The summed E-state index contributed by atoms with van der Waals surface area (Å²) < 4.78 is 3.53. The summed E-state index contributed by atoms with van der Waals surface area (Å²) in [7, 11) is 0. The van der Waals surface area contributed by atoms with Crippen LogP contribution in [0, 0.1) is 0 Å². The van der Waals surface area contributed by atoms with Crippen molar-refractivity contribution in [1.82, 2.24) is 19.2 Å². The molecule has 5 aromatic rings. The summed E-state index contributed by atoms with van der Waals surface area (Å²) in [5, 5.41) is 5.37. The largest absolute Gasteiger partial charge is 0.310 e. The highest BCUT2D eigenvalue weighted by atomic mass is 16.1. The smallest absolute Gasteiger partial charge is 0.261 e. The van der Waals surface area contributed by atoms with Crippen molar-refractivity contribution in [3.8, 4) is 11.1 Å². The van der Waals surface area contributed by atoms with Crippen molar-refractivity contribution < 1.29 is 0 Å². The Balaban J connectivity index is 1.71. The average Bonchev–Trinajstić information content (AvgIpc) is 3.16. The Kier molecular flexibility index (Phi) is 4.21. The van der Waals surface area contributed by atoms with Crippen LogP contribution < -0.4 is 5.56 Å². The van der Waals surface area contributed by atoms with Crippen molar-refractivity contribution in [1.29, 1.82) is 0 Å². The molecule has 142 valence electrons.